The molecule has 2 N–H and O–H groups in total. The number of H-pyrrole nitrogens is 1. The van der Waals surface area contributed by atoms with Crippen molar-refractivity contribution in [2.75, 3.05) is 18.5 Å². The van der Waals surface area contributed by atoms with Gasteiger partial charge >= 0.3 is 0 Å². The standard InChI is InChI=1S/C23H20F2N8O/c1-32-11-14(8-28-32)18-9-27-23-22(30-17(12-33(18)23)13-4-6-34-7-5-13)26-10-19-29-16-3-2-15(24)20(25)21(16)31-19/h2-4,8-9,11-12H,5-7,10H2,1H3,(H,26,30)(H,29,31). The molecule has 0 amide bonds. The third-order valence-corrected chi connectivity index (χ3v) is 5.80. The van der Waals surface area contributed by atoms with E-state index < -0.39 is 11.6 Å². The molecule has 5 aromatic rings. The summed E-state index contributed by atoms with van der Waals surface area (Å²) in [6.07, 6.45) is 10.2. The fourth-order valence-corrected chi connectivity index (χ4v) is 4.11. The number of fused-ring (bicyclic) bond motifs is 2. The molecule has 9 nitrogen and oxygen atoms in total. The maximum atomic E-state index is 14.1. The molecule has 5 heterocycles. The SMILES string of the molecule is Cn1cc(-c2cnc3c(NCc4nc5c(F)c(F)ccc5[nH]4)nc(C4=CCOCC4)cn23)cn1. The van der Waals surface area contributed by atoms with E-state index in [1.807, 2.05) is 29.9 Å². The normalized spacial score (nSPS) is 14.1. The lowest BCUT2D eigenvalue weighted by Gasteiger charge is -2.15. The number of hydrogen-bond acceptors (Lipinski definition) is 6. The van der Waals surface area contributed by atoms with Crippen LogP contribution in [0.5, 0.6) is 0 Å². The predicted molar refractivity (Wildman–Crippen MR) is 122 cm³/mol. The number of benzene rings is 1. The van der Waals surface area contributed by atoms with Gasteiger partial charge in [-0.3, -0.25) is 9.08 Å². The molecule has 0 spiro atoms. The van der Waals surface area contributed by atoms with Crippen molar-refractivity contribution >= 4 is 28.1 Å². The summed E-state index contributed by atoms with van der Waals surface area (Å²) in [6, 6.07) is 2.54. The Bertz CT molecular complexity index is 1560. The molecule has 1 aromatic carbocycles. The van der Waals surface area contributed by atoms with Crippen LogP contribution in [0.3, 0.4) is 0 Å². The van der Waals surface area contributed by atoms with E-state index in [4.69, 9.17) is 9.72 Å². The number of imidazole rings is 2. The van der Waals surface area contributed by atoms with E-state index in [1.165, 1.54) is 6.07 Å². The maximum Gasteiger partial charge on any atom is 0.186 e. The Balaban J connectivity index is 1.41. The molecule has 4 aromatic heterocycles. The molecule has 34 heavy (non-hydrogen) atoms. The molecule has 1 aliphatic rings. The van der Waals surface area contributed by atoms with Crippen molar-refractivity contribution in [2.24, 2.45) is 7.05 Å². The number of aryl methyl sites for hydroxylation is 1. The number of nitrogens with one attached hydrogen (secondary N) is 2. The van der Waals surface area contributed by atoms with Crippen molar-refractivity contribution in [3.05, 3.63) is 66.1 Å². The zero-order valence-corrected chi connectivity index (χ0v) is 18.2. The van der Waals surface area contributed by atoms with Crippen LogP contribution >= 0.6 is 0 Å². The minimum absolute atomic E-state index is 0.0318. The summed E-state index contributed by atoms with van der Waals surface area (Å²) in [5.74, 6) is -0.899. The Morgan fingerprint density at radius 2 is 2.09 bits per heavy atom. The monoisotopic (exact) mass is 462 g/mol. The zero-order chi connectivity index (χ0) is 23.2. The van der Waals surface area contributed by atoms with E-state index in [9.17, 15) is 8.78 Å². The number of aromatic amines is 1. The quantitative estimate of drug-likeness (QED) is 0.413. The average molecular weight is 462 g/mol. The van der Waals surface area contributed by atoms with Gasteiger partial charge in [0.05, 0.1) is 49.1 Å². The minimum Gasteiger partial charge on any atom is -0.377 e. The first kappa shape index (κ1) is 20.5. The first-order valence-electron chi connectivity index (χ1n) is 10.8. The summed E-state index contributed by atoms with van der Waals surface area (Å²) in [5.41, 5.74) is 4.72. The maximum absolute atomic E-state index is 14.1. The van der Waals surface area contributed by atoms with E-state index in [2.05, 4.69) is 25.4 Å². The van der Waals surface area contributed by atoms with Crippen LogP contribution in [0.4, 0.5) is 14.6 Å². The minimum atomic E-state index is -0.969. The van der Waals surface area contributed by atoms with Gasteiger partial charge < -0.3 is 15.0 Å². The fourth-order valence-electron chi connectivity index (χ4n) is 4.11. The Morgan fingerprint density at radius 3 is 2.88 bits per heavy atom. The van der Waals surface area contributed by atoms with Crippen LogP contribution in [0.15, 0.2) is 43.0 Å². The van der Waals surface area contributed by atoms with Crippen molar-refractivity contribution in [1.82, 2.24) is 34.1 Å². The highest BCUT2D eigenvalue weighted by Crippen LogP contribution is 2.28. The van der Waals surface area contributed by atoms with E-state index in [1.54, 1.807) is 17.1 Å². The first-order valence-corrected chi connectivity index (χ1v) is 10.8. The molecular weight excluding hydrogens is 442 g/mol. The predicted octanol–water partition coefficient (Wildman–Crippen LogP) is 3.70. The van der Waals surface area contributed by atoms with Crippen LogP contribution in [0.1, 0.15) is 17.9 Å². The van der Waals surface area contributed by atoms with Gasteiger partial charge in [0.1, 0.15) is 11.3 Å². The molecule has 0 radical (unpaired) electrons. The van der Waals surface area contributed by atoms with E-state index in [-0.39, 0.29) is 12.1 Å². The van der Waals surface area contributed by atoms with Crippen LogP contribution in [-0.2, 0) is 18.3 Å². The summed E-state index contributed by atoms with van der Waals surface area (Å²) in [6.45, 7) is 1.40. The van der Waals surface area contributed by atoms with Crippen molar-refractivity contribution in [2.45, 2.75) is 13.0 Å². The largest absolute Gasteiger partial charge is 0.377 e. The molecule has 0 atom stereocenters. The summed E-state index contributed by atoms with van der Waals surface area (Å²) >= 11 is 0. The molecule has 0 saturated carbocycles. The van der Waals surface area contributed by atoms with Gasteiger partial charge in [0, 0.05) is 25.0 Å². The van der Waals surface area contributed by atoms with Crippen LogP contribution in [0, 0.1) is 11.6 Å². The summed E-state index contributed by atoms with van der Waals surface area (Å²) in [5, 5.41) is 7.54. The van der Waals surface area contributed by atoms with Gasteiger partial charge in [0.2, 0.25) is 0 Å². The van der Waals surface area contributed by atoms with Gasteiger partial charge in [-0.05, 0) is 24.1 Å². The Hall–Kier alpha value is -4.12. The topological polar surface area (TPSA) is 98.0 Å². The van der Waals surface area contributed by atoms with Crippen molar-refractivity contribution < 1.29 is 13.5 Å². The second-order valence-corrected chi connectivity index (χ2v) is 8.06. The van der Waals surface area contributed by atoms with Crippen LogP contribution in [0.25, 0.3) is 33.5 Å². The van der Waals surface area contributed by atoms with Crippen molar-refractivity contribution in [3.8, 4) is 11.3 Å². The molecule has 0 unspecified atom stereocenters. The summed E-state index contributed by atoms with van der Waals surface area (Å²) in [4.78, 5) is 16.6. The number of anilines is 1. The van der Waals surface area contributed by atoms with E-state index >= 15 is 0 Å². The van der Waals surface area contributed by atoms with Gasteiger partial charge in [-0.15, -0.1) is 0 Å². The molecule has 0 bridgehead atoms. The molecule has 0 saturated heterocycles. The van der Waals surface area contributed by atoms with Crippen LogP contribution in [0.2, 0.25) is 0 Å². The number of halogens is 2. The smallest absolute Gasteiger partial charge is 0.186 e. The summed E-state index contributed by atoms with van der Waals surface area (Å²) in [7, 11) is 1.86. The highest BCUT2D eigenvalue weighted by Gasteiger charge is 2.18. The average Bonchev–Trinajstić information content (AvgIpc) is 3.58. The molecular formula is C23H20F2N8O. The molecule has 6 rings (SSSR count). The van der Waals surface area contributed by atoms with Gasteiger partial charge in [-0.2, -0.15) is 5.10 Å². The van der Waals surface area contributed by atoms with Crippen molar-refractivity contribution in [3.63, 3.8) is 0 Å². The highest BCUT2D eigenvalue weighted by atomic mass is 19.2. The van der Waals surface area contributed by atoms with E-state index in [0.29, 0.717) is 36.0 Å². The Morgan fingerprint density at radius 1 is 1.18 bits per heavy atom. The van der Waals surface area contributed by atoms with Gasteiger partial charge in [0.25, 0.3) is 0 Å². The first-order chi connectivity index (χ1) is 16.6. The molecule has 0 fully saturated rings. The van der Waals surface area contributed by atoms with Crippen molar-refractivity contribution in [1.29, 1.82) is 0 Å². The molecule has 11 heteroatoms. The second-order valence-electron chi connectivity index (χ2n) is 8.06. The van der Waals surface area contributed by atoms with Gasteiger partial charge in [-0.25, -0.2) is 23.7 Å². The van der Waals surface area contributed by atoms with Gasteiger partial charge in [-0.1, -0.05) is 6.08 Å². The third-order valence-electron chi connectivity index (χ3n) is 5.80. The fraction of sp³-hybridized carbons (Fsp3) is 0.217. The number of hydrogen-bond donors (Lipinski definition) is 2. The van der Waals surface area contributed by atoms with Gasteiger partial charge in [0.15, 0.2) is 23.1 Å². The number of rotatable bonds is 5. The van der Waals surface area contributed by atoms with Crippen LogP contribution in [-0.4, -0.2) is 47.3 Å². The molecule has 0 aliphatic carbocycles. The molecule has 1 aliphatic heterocycles. The number of nitrogens with zero attached hydrogens (tertiary/aromatic N) is 6. The number of aromatic nitrogens is 7. The Kier molecular flexibility index (Phi) is 4.84. The van der Waals surface area contributed by atoms with Crippen LogP contribution < -0.4 is 5.32 Å². The van der Waals surface area contributed by atoms with E-state index in [0.717, 1.165) is 35.0 Å². The molecule has 172 valence electrons. The lowest BCUT2D eigenvalue weighted by atomic mass is 10.1. The Labute approximate surface area is 192 Å². The zero-order valence-electron chi connectivity index (χ0n) is 18.2. The lowest BCUT2D eigenvalue weighted by molar-refractivity contribution is 0.161. The summed E-state index contributed by atoms with van der Waals surface area (Å²) < 4.78 is 36.8. The number of ether oxygens (including phenoxy) is 1. The third kappa shape index (κ3) is 3.50. The highest BCUT2D eigenvalue weighted by molar-refractivity contribution is 5.76. The lowest BCUT2D eigenvalue weighted by Crippen LogP contribution is -2.10. The second kappa shape index (κ2) is 8.03.